The van der Waals surface area contributed by atoms with Gasteiger partial charge in [-0.05, 0) is 35.7 Å². The van der Waals surface area contributed by atoms with E-state index >= 15 is 0 Å². The van der Waals surface area contributed by atoms with Gasteiger partial charge < -0.3 is 15.2 Å². The number of aryl methyl sites for hydroxylation is 1. The van der Waals surface area contributed by atoms with Crippen molar-refractivity contribution in [3.05, 3.63) is 70.8 Å². The fourth-order valence-electron chi connectivity index (χ4n) is 2.60. The summed E-state index contributed by atoms with van der Waals surface area (Å²) < 4.78 is 12.5. The highest BCUT2D eigenvalue weighted by atomic mass is 16.5. The van der Waals surface area contributed by atoms with Crippen molar-refractivity contribution in [2.75, 3.05) is 12.8 Å². The van der Waals surface area contributed by atoms with E-state index < -0.39 is 0 Å². The van der Waals surface area contributed by atoms with Crippen LogP contribution in [0.25, 0.3) is 0 Å². The summed E-state index contributed by atoms with van der Waals surface area (Å²) in [5, 5.41) is 13.8. The summed E-state index contributed by atoms with van der Waals surface area (Å²) in [5.74, 6) is 1.33. The summed E-state index contributed by atoms with van der Waals surface area (Å²) >= 11 is 0. The standard InChI is InChI=1S/C20H20N4O2/c1-14-5-3-4-6-16(14)12-24-19(22)18(11-21)20(23-24)26-13-15-7-9-17(25-2)10-8-15/h3-10H,12-13,22H2,1-2H3. The van der Waals surface area contributed by atoms with Gasteiger partial charge in [-0.3, -0.25) is 0 Å². The third-order valence-electron chi connectivity index (χ3n) is 4.19. The molecule has 0 aliphatic heterocycles. The molecule has 0 aliphatic rings. The predicted octanol–water partition coefficient (Wildman–Crippen LogP) is 3.28. The zero-order chi connectivity index (χ0) is 18.5. The molecule has 2 aromatic carbocycles. The first-order valence-electron chi connectivity index (χ1n) is 8.19. The normalized spacial score (nSPS) is 10.3. The number of hydrogen-bond donors (Lipinski definition) is 1. The molecule has 0 bridgehead atoms. The van der Waals surface area contributed by atoms with Gasteiger partial charge in [-0.25, -0.2) is 4.68 Å². The van der Waals surface area contributed by atoms with Crippen molar-refractivity contribution < 1.29 is 9.47 Å². The highest BCUT2D eigenvalue weighted by Crippen LogP contribution is 2.25. The first-order valence-corrected chi connectivity index (χ1v) is 8.19. The fraction of sp³-hybridized carbons (Fsp3) is 0.200. The van der Waals surface area contributed by atoms with Gasteiger partial charge in [0, 0.05) is 0 Å². The monoisotopic (exact) mass is 348 g/mol. The Morgan fingerprint density at radius 1 is 1.15 bits per heavy atom. The molecule has 0 atom stereocenters. The lowest BCUT2D eigenvalue weighted by molar-refractivity contribution is 0.289. The van der Waals surface area contributed by atoms with E-state index in [-0.39, 0.29) is 11.4 Å². The van der Waals surface area contributed by atoms with E-state index in [0.717, 1.165) is 22.4 Å². The molecule has 1 heterocycles. The van der Waals surface area contributed by atoms with Crippen molar-refractivity contribution in [2.24, 2.45) is 0 Å². The molecule has 0 fully saturated rings. The highest BCUT2D eigenvalue weighted by molar-refractivity contribution is 5.55. The van der Waals surface area contributed by atoms with E-state index in [1.165, 1.54) is 0 Å². The Morgan fingerprint density at radius 3 is 2.54 bits per heavy atom. The summed E-state index contributed by atoms with van der Waals surface area (Å²) in [5.41, 5.74) is 9.53. The fourth-order valence-corrected chi connectivity index (χ4v) is 2.60. The van der Waals surface area contributed by atoms with Crippen LogP contribution >= 0.6 is 0 Å². The van der Waals surface area contributed by atoms with Gasteiger partial charge in [0.1, 0.15) is 24.2 Å². The number of nitriles is 1. The Bertz CT molecular complexity index is 939. The maximum atomic E-state index is 9.42. The van der Waals surface area contributed by atoms with Gasteiger partial charge in [-0.15, -0.1) is 5.10 Å². The molecule has 26 heavy (non-hydrogen) atoms. The number of nitrogens with zero attached hydrogens (tertiary/aromatic N) is 3. The van der Waals surface area contributed by atoms with Gasteiger partial charge in [0.15, 0.2) is 5.56 Å². The molecule has 0 saturated heterocycles. The van der Waals surface area contributed by atoms with Crippen LogP contribution in [0.4, 0.5) is 5.82 Å². The smallest absolute Gasteiger partial charge is 0.253 e. The molecule has 132 valence electrons. The number of rotatable bonds is 6. The topological polar surface area (TPSA) is 86.1 Å². The van der Waals surface area contributed by atoms with Gasteiger partial charge in [0.05, 0.1) is 13.7 Å². The number of hydrogen-bond acceptors (Lipinski definition) is 5. The zero-order valence-electron chi connectivity index (χ0n) is 14.8. The molecule has 0 unspecified atom stereocenters. The minimum Gasteiger partial charge on any atom is -0.497 e. The molecule has 0 spiro atoms. The SMILES string of the molecule is COc1ccc(COc2nn(Cc3ccccc3C)c(N)c2C#N)cc1. The predicted molar refractivity (Wildman–Crippen MR) is 99.0 cm³/mol. The van der Waals surface area contributed by atoms with Gasteiger partial charge in [-0.1, -0.05) is 36.4 Å². The maximum absolute atomic E-state index is 9.42. The number of methoxy groups -OCH3 is 1. The van der Waals surface area contributed by atoms with Gasteiger partial charge in [0.25, 0.3) is 5.88 Å². The van der Waals surface area contributed by atoms with Crippen LogP contribution in [0.3, 0.4) is 0 Å². The van der Waals surface area contributed by atoms with Crippen LogP contribution in [0.2, 0.25) is 0 Å². The molecule has 6 nitrogen and oxygen atoms in total. The summed E-state index contributed by atoms with van der Waals surface area (Å²) in [7, 11) is 1.62. The van der Waals surface area contributed by atoms with Gasteiger partial charge in [-0.2, -0.15) is 5.26 Å². The molecule has 0 saturated carbocycles. The van der Waals surface area contributed by atoms with Gasteiger partial charge >= 0.3 is 0 Å². The van der Waals surface area contributed by atoms with Crippen molar-refractivity contribution in [1.82, 2.24) is 9.78 Å². The van der Waals surface area contributed by atoms with Crippen LogP contribution < -0.4 is 15.2 Å². The van der Waals surface area contributed by atoms with Crippen molar-refractivity contribution in [3.8, 4) is 17.7 Å². The average Bonchev–Trinajstić information content (AvgIpc) is 2.97. The van der Waals surface area contributed by atoms with E-state index in [0.29, 0.717) is 19.0 Å². The van der Waals surface area contributed by atoms with Crippen molar-refractivity contribution >= 4 is 5.82 Å². The zero-order valence-corrected chi connectivity index (χ0v) is 14.8. The molecule has 0 aliphatic carbocycles. The third kappa shape index (κ3) is 3.62. The molecule has 2 N–H and O–H groups in total. The summed E-state index contributed by atoms with van der Waals surface area (Å²) in [6, 6.07) is 17.6. The number of anilines is 1. The average molecular weight is 348 g/mol. The Labute approximate surface area is 152 Å². The number of aromatic nitrogens is 2. The first-order chi connectivity index (χ1) is 12.6. The maximum Gasteiger partial charge on any atom is 0.253 e. The second-order valence-electron chi connectivity index (χ2n) is 5.90. The van der Waals surface area contributed by atoms with E-state index in [1.54, 1.807) is 11.8 Å². The number of ether oxygens (including phenoxy) is 2. The minimum absolute atomic E-state index is 0.245. The molecular formula is C20H20N4O2. The molecule has 0 amide bonds. The number of nitrogen functional groups attached to an aromatic ring is 1. The lowest BCUT2D eigenvalue weighted by atomic mass is 10.1. The van der Waals surface area contributed by atoms with Crippen LogP contribution in [0.15, 0.2) is 48.5 Å². The lowest BCUT2D eigenvalue weighted by Crippen LogP contribution is -2.07. The van der Waals surface area contributed by atoms with E-state index in [2.05, 4.69) is 11.2 Å². The summed E-state index contributed by atoms with van der Waals surface area (Å²) in [6.45, 7) is 2.81. The summed E-state index contributed by atoms with van der Waals surface area (Å²) in [4.78, 5) is 0. The summed E-state index contributed by atoms with van der Waals surface area (Å²) in [6.07, 6.45) is 0. The van der Waals surface area contributed by atoms with Gasteiger partial charge in [0.2, 0.25) is 0 Å². The first kappa shape index (κ1) is 17.4. The molecule has 6 heteroatoms. The Hall–Kier alpha value is -3.46. The second-order valence-corrected chi connectivity index (χ2v) is 5.90. The van der Waals surface area contributed by atoms with Crippen LogP contribution in [0.5, 0.6) is 11.6 Å². The van der Waals surface area contributed by atoms with Crippen molar-refractivity contribution in [2.45, 2.75) is 20.1 Å². The molecular weight excluding hydrogens is 328 g/mol. The lowest BCUT2D eigenvalue weighted by Gasteiger charge is -2.07. The van der Waals surface area contributed by atoms with Crippen molar-refractivity contribution in [3.63, 3.8) is 0 Å². The van der Waals surface area contributed by atoms with Crippen LogP contribution in [0.1, 0.15) is 22.3 Å². The Kier molecular flexibility index (Phi) is 5.09. The van der Waals surface area contributed by atoms with E-state index in [9.17, 15) is 5.26 Å². The molecule has 1 aromatic heterocycles. The highest BCUT2D eigenvalue weighted by Gasteiger charge is 2.17. The van der Waals surface area contributed by atoms with Crippen LogP contribution in [-0.4, -0.2) is 16.9 Å². The van der Waals surface area contributed by atoms with Crippen molar-refractivity contribution in [1.29, 1.82) is 5.26 Å². The van der Waals surface area contributed by atoms with E-state index in [4.69, 9.17) is 15.2 Å². The van der Waals surface area contributed by atoms with Crippen LogP contribution in [-0.2, 0) is 13.2 Å². The molecule has 0 radical (unpaired) electrons. The number of nitrogens with two attached hydrogens (primary N) is 1. The third-order valence-corrected chi connectivity index (χ3v) is 4.19. The molecule has 3 aromatic rings. The largest absolute Gasteiger partial charge is 0.497 e. The Balaban J connectivity index is 1.79. The van der Waals surface area contributed by atoms with Crippen LogP contribution in [0, 0.1) is 18.3 Å². The molecule has 3 rings (SSSR count). The second kappa shape index (κ2) is 7.62. The quantitative estimate of drug-likeness (QED) is 0.739. The number of benzene rings is 2. The Morgan fingerprint density at radius 2 is 1.88 bits per heavy atom. The minimum atomic E-state index is 0.245. The van der Waals surface area contributed by atoms with E-state index in [1.807, 2.05) is 55.5 Å².